The lowest BCUT2D eigenvalue weighted by Gasteiger charge is -2.15. The van der Waals surface area contributed by atoms with Crippen LogP contribution in [0, 0.1) is 5.92 Å². The molecule has 0 unspecified atom stereocenters. The molecule has 3 amide bonds. The number of hydrogen-bond acceptors (Lipinski definition) is 4. The molecule has 7 nitrogen and oxygen atoms in total. The molecule has 0 radical (unpaired) electrons. The van der Waals surface area contributed by atoms with Gasteiger partial charge in [0, 0.05) is 6.04 Å². The summed E-state index contributed by atoms with van der Waals surface area (Å²) in [4.78, 5) is 23.9. The van der Waals surface area contributed by atoms with Gasteiger partial charge in [-0.1, -0.05) is 44.9 Å². The van der Waals surface area contributed by atoms with Gasteiger partial charge >= 0.3 is 11.9 Å². The Bertz CT molecular complexity index is 743. The molecule has 0 fully saturated rings. The van der Waals surface area contributed by atoms with Gasteiger partial charge in [0.05, 0.1) is 0 Å². The molecular formula is C21H29N3O4. The largest absolute Gasteiger partial charge is 0.486 e. The van der Waals surface area contributed by atoms with E-state index in [4.69, 9.17) is 9.15 Å². The highest BCUT2D eigenvalue weighted by molar-refractivity contribution is 5.92. The number of carbonyl (C=O) groups is 2. The van der Waals surface area contributed by atoms with Crippen molar-refractivity contribution in [2.24, 2.45) is 5.92 Å². The van der Waals surface area contributed by atoms with E-state index in [1.807, 2.05) is 37.3 Å². The fraction of sp³-hybridized carbons (Fsp3) is 0.429. The fourth-order valence-electron chi connectivity index (χ4n) is 2.59. The third-order valence-electron chi connectivity index (χ3n) is 4.10. The average molecular weight is 387 g/mol. The summed E-state index contributed by atoms with van der Waals surface area (Å²) in [5.41, 5.74) is 4.67. The van der Waals surface area contributed by atoms with Crippen LogP contribution in [0.4, 0.5) is 4.79 Å². The maximum absolute atomic E-state index is 12.1. The number of urea groups is 1. The Balaban J connectivity index is 1.69. The predicted molar refractivity (Wildman–Crippen MR) is 107 cm³/mol. The molecule has 1 atom stereocenters. The number of furan rings is 1. The van der Waals surface area contributed by atoms with Crippen molar-refractivity contribution < 1.29 is 18.7 Å². The summed E-state index contributed by atoms with van der Waals surface area (Å²) in [6.45, 7) is 6.49. The van der Waals surface area contributed by atoms with Crippen LogP contribution >= 0.6 is 0 Å². The Labute approximate surface area is 165 Å². The van der Waals surface area contributed by atoms with Crippen LogP contribution in [0.2, 0.25) is 0 Å². The number of amides is 3. The van der Waals surface area contributed by atoms with Gasteiger partial charge in [-0.15, -0.1) is 0 Å². The summed E-state index contributed by atoms with van der Waals surface area (Å²) in [6, 6.07) is 12.1. The summed E-state index contributed by atoms with van der Waals surface area (Å²) >= 11 is 0. The van der Waals surface area contributed by atoms with E-state index in [2.05, 4.69) is 30.0 Å². The van der Waals surface area contributed by atoms with Crippen molar-refractivity contribution in [1.82, 2.24) is 16.2 Å². The number of ether oxygens (including phenoxy) is 1. The van der Waals surface area contributed by atoms with Crippen LogP contribution in [0.25, 0.3) is 0 Å². The van der Waals surface area contributed by atoms with Crippen LogP contribution in [-0.4, -0.2) is 18.0 Å². The molecule has 2 rings (SSSR count). The summed E-state index contributed by atoms with van der Waals surface area (Å²) in [5, 5.41) is 2.79. The number of hydrazine groups is 1. The number of carbonyl (C=O) groups excluding carboxylic acids is 2. The highest BCUT2D eigenvalue weighted by Gasteiger charge is 2.13. The topological polar surface area (TPSA) is 92.6 Å². The maximum atomic E-state index is 12.1. The van der Waals surface area contributed by atoms with Gasteiger partial charge in [-0.3, -0.25) is 10.2 Å². The Morgan fingerprint density at radius 3 is 2.46 bits per heavy atom. The number of nitrogens with one attached hydrogen (secondary N) is 3. The molecule has 152 valence electrons. The van der Waals surface area contributed by atoms with Crippen molar-refractivity contribution in [2.75, 3.05) is 0 Å². The number of benzene rings is 1. The van der Waals surface area contributed by atoms with Crippen molar-refractivity contribution >= 4 is 11.9 Å². The monoisotopic (exact) mass is 387 g/mol. The highest BCUT2D eigenvalue weighted by Crippen LogP contribution is 2.14. The van der Waals surface area contributed by atoms with E-state index < -0.39 is 11.9 Å². The van der Waals surface area contributed by atoms with Crippen LogP contribution < -0.4 is 20.9 Å². The van der Waals surface area contributed by atoms with Crippen LogP contribution in [0.15, 0.2) is 46.9 Å². The van der Waals surface area contributed by atoms with Gasteiger partial charge in [0.25, 0.3) is 0 Å². The minimum atomic E-state index is -0.534. The maximum Gasteiger partial charge on any atom is 0.333 e. The van der Waals surface area contributed by atoms with Crippen LogP contribution in [0.5, 0.6) is 5.75 Å². The number of para-hydroxylation sites is 1. The van der Waals surface area contributed by atoms with Crippen molar-refractivity contribution in [3.05, 3.63) is 54.0 Å². The Morgan fingerprint density at radius 2 is 1.75 bits per heavy atom. The zero-order chi connectivity index (χ0) is 20.4. The molecule has 3 N–H and O–H groups in total. The van der Waals surface area contributed by atoms with Crippen LogP contribution in [0.1, 0.15) is 56.3 Å². The quantitative estimate of drug-likeness (QED) is 0.567. The van der Waals surface area contributed by atoms with Gasteiger partial charge < -0.3 is 14.5 Å². The highest BCUT2D eigenvalue weighted by atomic mass is 16.5. The zero-order valence-corrected chi connectivity index (χ0v) is 16.7. The van der Waals surface area contributed by atoms with E-state index in [-0.39, 0.29) is 18.4 Å². The van der Waals surface area contributed by atoms with Crippen LogP contribution in [-0.2, 0) is 6.61 Å². The SMILES string of the molecule is CC(C)CCC[C@H](C)NC(=O)NNC(=O)c1ccc(COc2ccccc2)o1. The smallest absolute Gasteiger partial charge is 0.333 e. The summed E-state index contributed by atoms with van der Waals surface area (Å²) in [5.74, 6) is 1.44. The standard InChI is InChI=1S/C21H29N3O4/c1-15(2)8-7-9-16(3)22-21(26)24-23-20(25)19-13-12-18(28-19)14-27-17-10-5-4-6-11-17/h4-6,10-13,15-16H,7-9,14H2,1-3H3,(H,23,25)(H2,22,24,26)/t16-/m0/s1. The third kappa shape index (κ3) is 7.73. The first-order valence-electron chi connectivity index (χ1n) is 9.57. The van der Waals surface area contributed by atoms with Gasteiger partial charge in [0.2, 0.25) is 0 Å². The summed E-state index contributed by atoms with van der Waals surface area (Å²) in [7, 11) is 0. The normalized spacial score (nSPS) is 11.7. The molecule has 0 saturated heterocycles. The van der Waals surface area contributed by atoms with Gasteiger partial charge in [-0.25, -0.2) is 10.2 Å². The average Bonchev–Trinajstić information content (AvgIpc) is 3.14. The Hall–Kier alpha value is -2.96. The zero-order valence-electron chi connectivity index (χ0n) is 16.7. The van der Waals surface area contributed by atoms with E-state index in [1.54, 1.807) is 6.07 Å². The van der Waals surface area contributed by atoms with E-state index >= 15 is 0 Å². The molecule has 0 aliphatic heterocycles. The fourth-order valence-corrected chi connectivity index (χ4v) is 2.59. The molecule has 0 saturated carbocycles. The lowest BCUT2D eigenvalue weighted by Crippen LogP contribution is -2.49. The molecule has 0 aliphatic rings. The lowest BCUT2D eigenvalue weighted by atomic mass is 10.0. The first-order chi connectivity index (χ1) is 13.4. The second-order valence-electron chi connectivity index (χ2n) is 7.15. The van der Waals surface area contributed by atoms with E-state index in [1.165, 1.54) is 6.07 Å². The van der Waals surface area contributed by atoms with Crippen molar-refractivity contribution in [3.8, 4) is 5.75 Å². The van der Waals surface area contributed by atoms with Gasteiger partial charge in [-0.05, 0) is 43.5 Å². The number of rotatable bonds is 9. The lowest BCUT2D eigenvalue weighted by molar-refractivity contribution is 0.0904. The molecule has 28 heavy (non-hydrogen) atoms. The van der Waals surface area contributed by atoms with Crippen molar-refractivity contribution in [3.63, 3.8) is 0 Å². The second-order valence-corrected chi connectivity index (χ2v) is 7.15. The molecule has 2 aromatic rings. The minimum Gasteiger partial charge on any atom is -0.486 e. The molecule has 0 bridgehead atoms. The van der Waals surface area contributed by atoms with Crippen LogP contribution in [0.3, 0.4) is 0 Å². The Kier molecular flexibility index (Phi) is 8.39. The van der Waals surface area contributed by atoms with E-state index in [0.29, 0.717) is 17.4 Å². The second kappa shape index (κ2) is 11.0. The van der Waals surface area contributed by atoms with Crippen molar-refractivity contribution in [1.29, 1.82) is 0 Å². The van der Waals surface area contributed by atoms with Gasteiger partial charge in [0.15, 0.2) is 5.76 Å². The Morgan fingerprint density at radius 1 is 1.00 bits per heavy atom. The van der Waals surface area contributed by atoms with E-state index in [9.17, 15) is 9.59 Å². The predicted octanol–water partition coefficient (Wildman–Crippen LogP) is 4.02. The minimum absolute atomic E-state index is 0.0287. The molecule has 1 aromatic heterocycles. The number of hydrogen-bond donors (Lipinski definition) is 3. The summed E-state index contributed by atoms with van der Waals surface area (Å²) < 4.78 is 11.0. The first-order valence-corrected chi connectivity index (χ1v) is 9.57. The molecule has 0 spiro atoms. The van der Waals surface area contributed by atoms with Gasteiger partial charge in [0.1, 0.15) is 18.1 Å². The van der Waals surface area contributed by atoms with E-state index in [0.717, 1.165) is 19.3 Å². The first kappa shape index (κ1) is 21.3. The molecule has 0 aliphatic carbocycles. The summed E-state index contributed by atoms with van der Waals surface area (Å²) in [6.07, 6.45) is 3.06. The van der Waals surface area contributed by atoms with Gasteiger partial charge in [-0.2, -0.15) is 0 Å². The third-order valence-corrected chi connectivity index (χ3v) is 4.10. The molecule has 1 heterocycles. The molecular weight excluding hydrogens is 358 g/mol. The molecule has 1 aromatic carbocycles. The van der Waals surface area contributed by atoms with Crippen molar-refractivity contribution in [2.45, 2.75) is 52.7 Å². The molecule has 7 heteroatoms.